The maximum Gasteiger partial charge on any atom is 0.248 e. The Morgan fingerprint density at radius 2 is 1.84 bits per heavy atom. The van der Waals surface area contributed by atoms with Gasteiger partial charge in [0.25, 0.3) is 0 Å². The Labute approximate surface area is 115 Å². The van der Waals surface area contributed by atoms with Crippen molar-refractivity contribution in [2.24, 2.45) is 5.92 Å². The number of rotatable bonds is 6. The molecule has 1 saturated heterocycles. The second-order valence-electron chi connectivity index (χ2n) is 5.93. The predicted molar refractivity (Wildman–Crippen MR) is 74.6 cm³/mol. The lowest BCUT2D eigenvalue weighted by molar-refractivity contribution is -0.155. The SMILES string of the molecule is CCC1C(=O)NC(CC)(CC)C(=O)N1CCC1CC1. The molecule has 2 fully saturated rings. The largest absolute Gasteiger partial charge is 0.340 e. The molecule has 0 aromatic rings. The van der Waals surface area contributed by atoms with E-state index in [1.165, 1.54) is 12.8 Å². The van der Waals surface area contributed by atoms with Gasteiger partial charge in [0, 0.05) is 6.54 Å². The van der Waals surface area contributed by atoms with Gasteiger partial charge in [0.1, 0.15) is 11.6 Å². The predicted octanol–water partition coefficient (Wildman–Crippen LogP) is 2.08. The fraction of sp³-hybridized carbons (Fsp3) is 0.867. The highest BCUT2D eigenvalue weighted by Gasteiger charge is 2.48. The minimum atomic E-state index is -0.660. The van der Waals surface area contributed by atoms with Crippen LogP contribution in [0.3, 0.4) is 0 Å². The van der Waals surface area contributed by atoms with Gasteiger partial charge in [-0.2, -0.15) is 0 Å². The number of carbonyl (C=O) groups is 2. The Bertz CT molecular complexity index is 359. The Morgan fingerprint density at radius 3 is 2.32 bits per heavy atom. The minimum absolute atomic E-state index is 0.0293. The van der Waals surface area contributed by atoms with Crippen LogP contribution in [0.1, 0.15) is 59.3 Å². The van der Waals surface area contributed by atoms with Gasteiger partial charge in [-0.1, -0.05) is 33.6 Å². The Kier molecular flexibility index (Phi) is 4.16. The van der Waals surface area contributed by atoms with Gasteiger partial charge >= 0.3 is 0 Å². The van der Waals surface area contributed by atoms with Gasteiger partial charge in [-0.3, -0.25) is 9.59 Å². The third kappa shape index (κ3) is 2.63. The molecule has 108 valence electrons. The zero-order valence-electron chi connectivity index (χ0n) is 12.4. The summed E-state index contributed by atoms with van der Waals surface area (Å²) in [6.07, 6.45) is 5.68. The number of amides is 2. The van der Waals surface area contributed by atoms with Gasteiger partial charge in [0.05, 0.1) is 0 Å². The fourth-order valence-corrected chi connectivity index (χ4v) is 3.05. The first-order valence-corrected chi connectivity index (χ1v) is 7.71. The Hall–Kier alpha value is -1.06. The summed E-state index contributed by atoms with van der Waals surface area (Å²) in [6.45, 7) is 6.68. The molecule has 19 heavy (non-hydrogen) atoms. The van der Waals surface area contributed by atoms with E-state index in [1.807, 2.05) is 25.7 Å². The molecule has 2 rings (SSSR count). The lowest BCUT2D eigenvalue weighted by atomic mass is 9.86. The second kappa shape index (κ2) is 5.51. The molecule has 1 aliphatic heterocycles. The minimum Gasteiger partial charge on any atom is -0.340 e. The van der Waals surface area contributed by atoms with Crippen LogP contribution in [0.5, 0.6) is 0 Å². The van der Waals surface area contributed by atoms with E-state index in [2.05, 4.69) is 5.32 Å². The average Bonchev–Trinajstić information content (AvgIpc) is 3.23. The van der Waals surface area contributed by atoms with Crippen LogP contribution < -0.4 is 5.32 Å². The van der Waals surface area contributed by atoms with Gasteiger partial charge in [-0.25, -0.2) is 0 Å². The van der Waals surface area contributed by atoms with Crippen molar-refractivity contribution >= 4 is 11.8 Å². The molecule has 0 aromatic heterocycles. The van der Waals surface area contributed by atoms with E-state index < -0.39 is 5.54 Å². The van der Waals surface area contributed by atoms with Crippen LogP contribution >= 0.6 is 0 Å². The first kappa shape index (κ1) is 14.4. The zero-order chi connectivity index (χ0) is 14.0. The molecular formula is C15H26N2O2. The summed E-state index contributed by atoms with van der Waals surface area (Å²) in [5.74, 6) is 0.944. The molecule has 1 heterocycles. The van der Waals surface area contributed by atoms with Crippen LogP contribution in [0.2, 0.25) is 0 Å². The summed E-state index contributed by atoms with van der Waals surface area (Å²) < 4.78 is 0. The molecule has 4 heteroatoms. The number of hydrogen-bond acceptors (Lipinski definition) is 2. The standard InChI is InChI=1S/C15H26N2O2/c1-4-12-13(18)16-15(5-2,6-3)14(19)17(12)10-9-11-7-8-11/h11-12H,4-10H2,1-3H3,(H,16,18). The number of carbonyl (C=O) groups excluding carboxylic acids is 2. The van der Waals surface area contributed by atoms with E-state index in [4.69, 9.17) is 0 Å². The van der Waals surface area contributed by atoms with Crippen LogP contribution in [-0.2, 0) is 9.59 Å². The maximum absolute atomic E-state index is 12.8. The number of nitrogens with zero attached hydrogens (tertiary/aromatic N) is 1. The highest BCUT2D eigenvalue weighted by atomic mass is 16.2. The van der Waals surface area contributed by atoms with Crippen molar-refractivity contribution in [1.82, 2.24) is 10.2 Å². The van der Waals surface area contributed by atoms with E-state index in [9.17, 15) is 9.59 Å². The number of hydrogen-bond donors (Lipinski definition) is 1. The average molecular weight is 266 g/mol. The summed E-state index contributed by atoms with van der Waals surface area (Å²) >= 11 is 0. The fourth-order valence-electron chi connectivity index (χ4n) is 3.05. The summed E-state index contributed by atoms with van der Waals surface area (Å²) in [5.41, 5.74) is -0.660. The lowest BCUT2D eigenvalue weighted by Gasteiger charge is -2.45. The molecule has 2 aliphatic rings. The van der Waals surface area contributed by atoms with Crippen molar-refractivity contribution < 1.29 is 9.59 Å². The smallest absolute Gasteiger partial charge is 0.248 e. The second-order valence-corrected chi connectivity index (χ2v) is 5.93. The molecule has 0 spiro atoms. The van der Waals surface area contributed by atoms with Crippen molar-refractivity contribution in [2.45, 2.75) is 70.9 Å². The van der Waals surface area contributed by atoms with Crippen LogP contribution in [0, 0.1) is 5.92 Å². The van der Waals surface area contributed by atoms with Gasteiger partial charge in [-0.15, -0.1) is 0 Å². The third-order valence-electron chi connectivity index (χ3n) is 4.78. The number of nitrogens with one attached hydrogen (secondary N) is 1. The molecule has 0 aromatic carbocycles. The van der Waals surface area contributed by atoms with Crippen LogP contribution in [0.15, 0.2) is 0 Å². The van der Waals surface area contributed by atoms with Crippen molar-refractivity contribution in [3.63, 3.8) is 0 Å². The summed E-state index contributed by atoms with van der Waals surface area (Å²) in [4.78, 5) is 26.9. The van der Waals surface area contributed by atoms with Gasteiger partial charge in [-0.05, 0) is 31.6 Å². The molecular weight excluding hydrogens is 240 g/mol. The molecule has 2 amide bonds. The highest BCUT2D eigenvalue weighted by molar-refractivity contribution is 5.99. The summed E-state index contributed by atoms with van der Waals surface area (Å²) in [7, 11) is 0. The van der Waals surface area contributed by atoms with Gasteiger partial charge < -0.3 is 10.2 Å². The molecule has 1 saturated carbocycles. The van der Waals surface area contributed by atoms with Crippen LogP contribution in [0.4, 0.5) is 0 Å². The molecule has 0 radical (unpaired) electrons. The zero-order valence-corrected chi connectivity index (χ0v) is 12.4. The van der Waals surface area contributed by atoms with Crippen molar-refractivity contribution in [3.05, 3.63) is 0 Å². The molecule has 1 aliphatic carbocycles. The van der Waals surface area contributed by atoms with Gasteiger partial charge in [0.2, 0.25) is 11.8 Å². The van der Waals surface area contributed by atoms with Crippen molar-refractivity contribution in [1.29, 1.82) is 0 Å². The highest BCUT2D eigenvalue weighted by Crippen LogP contribution is 2.34. The van der Waals surface area contributed by atoms with Gasteiger partial charge in [0.15, 0.2) is 0 Å². The van der Waals surface area contributed by atoms with Crippen molar-refractivity contribution in [2.75, 3.05) is 6.54 Å². The van der Waals surface area contributed by atoms with E-state index >= 15 is 0 Å². The molecule has 0 bridgehead atoms. The Morgan fingerprint density at radius 1 is 1.21 bits per heavy atom. The number of piperazine rings is 1. The van der Waals surface area contributed by atoms with Crippen LogP contribution in [0.25, 0.3) is 0 Å². The topological polar surface area (TPSA) is 49.4 Å². The summed E-state index contributed by atoms with van der Waals surface area (Å²) in [5, 5.41) is 2.98. The normalized spacial score (nSPS) is 26.5. The quantitative estimate of drug-likeness (QED) is 0.800. The molecule has 1 unspecified atom stereocenters. The van der Waals surface area contributed by atoms with Crippen LogP contribution in [-0.4, -0.2) is 34.8 Å². The lowest BCUT2D eigenvalue weighted by Crippen LogP contribution is -2.70. The third-order valence-corrected chi connectivity index (χ3v) is 4.78. The first-order chi connectivity index (χ1) is 9.07. The summed E-state index contributed by atoms with van der Waals surface area (Å²) in [6, 6.07) is -0.266. The molecule has 4 nitrogen and oxygen atoms in total. The first-order valence-electron chi connectivity index (χ1n) is 7.71. The van der Waals surface area contributed by atoms with Crippen molar-refractivity contribution in [3.8, 4) is 0 Å². The van der Waals surface area contributed by atoms with E-state index in [0.29, 0.717) is 19.3 Å². The van der Waals surface area contributed by atoms with E-state index in [0.717, 1.165) is 18.9 Å². The van der Waals surface area contributed by atoms with E-state index in [1.54, 1.807) is 0 Å². The monoisotopic (exact) mass is 266 g/mol. The molecule has 1 N–H and O–H groups in total. The molecule has 1 atom stereocenters. The Balaban J connectivity index is 2.16. The van der Waals surface area contributed by atoms with E-state index in [-0.39, 0.29) is 17.9 Å². The maximum atomic E-state index is 12.8.